The van der Waals surface area contributed by atoms with Gasteiger partial charge in [-0.1, -0.05) is 23.8 Å². The van der Waals surface area contributed by atoms with Crippen LogP contribution in [0.5, 0.6) is 0 Å². The summed E-state index contributed by atoms with van der Waals surface area (Å²) in [5, 5.41) is 2.99. The van der Waals surface area contributed by atoms with Crippen LogP contribution in [0.2, 0.25) is 0 Å². The molecule has 0 bridgehead atoms. The molecule has 2 aliphatic rings. The van der Waals surface area contributed by atoms with Gasteiger partial charge in [0.1, 0.15) is 6.79 Å². The van der Waals surface area contributed by atoms with E-state index < -0.39 is 0 Å². The van der Waals surface area contributed by atoms with Crippen LogP contribution in [0.15, 0.2) is 18.2 Å². The minimum absolute atomic E-state index is 0.220. The van der Waals surface area contributed by atoms with Crippen molar-refractivity contribution in [3.8, 4) is 0 Å². The summed E-state index contributed by atoms with van der Waals surface area (Å²) in [4.78, 5) is 19.4. The quantitative estimate of drug-likeness (QED) is 0.757. The maximum absolute atomic E-state index is 11.4. The second kappa shape index (κ2) is 4.92. The Labute approximate surface area is 108 Å². The highest BCUT2D eigenvalue weighted by molar-refractivity contribution is 5.79. The maximum atomic E-state index is 11.4. The number of hydrogen-bond acceptors (Lipinski definition) is 2. The van der Waals surface area contributed by atoms with E-state index in [1.54, 1.807) is 0 Å². The van der Waals surface area contributed by atoms with Gasteiger partial charge in [-0.05, 0) is 37.3 Å². The third-order valence-corrected chi connectivity index (χ3v) is 4.05. The van der Waals surface area contributed by atoms with Gasteiger partial charge in [-0.25, -0.2) is 0 Å². The Hall–Kier alpha value is -1.64. The van der Waals surface area contributed by atoms with Gasteiger partial charge in [0, 0.05) is 18.4 Å². The second-order valence-electron chi connectivity index (χ2n) is 5.40. The smallest absolute Gasteiger partial charge is 0.220 e. The van der Waals surface area contributed by atoms with Crippen LogP contribution < -0.4 is 5.32 Å². The number of carbonyl (C=O) groups is 2. The number of nitrogens with one attached hydrogen (secondary N) is 1. The first-order valence-electron chi connectivity index (χ1n) is 6.31. The first kappa shape index (κ1) is 12.8. The van der Waals surface area contributed by atoms with E-state index in [9.17, 15) is 4.79 Å². The lowest BCUT2D eigenvalue weighted by Gasteiger charge is -2.33. The fourth-order valence-electron chi connectivity index (χ4n) is 3.11. The molecular weight excluding hydrogens is 226 g/mol. The van der Waals surface area contributed by atoms with Crippen molar-refractivity contribution >= 4 is 12.7 Å². The molecule has 1 unspecified atom stereocenters. The molecule has 1 aliphatic heterocycles. The average Bonchev–Trinajstić information content (AvgIpc) is 2.72. The number of benzene rings is 1. The summed E-state index contributed by atoms with van der Waals surface area (Å²) in [6, 6.07) is 6.73. The predicted octanol–water partition coefficient (Wildman–Crippen LogP) is 1.81. The van der Waals surface area contributed by atoms with Crippen LogP contribution in [0, 0.1) is 12.3 Å². The zero-order valence-corrected chi connectivity index (χ0v) is 10.8. The average molecular weight is 245 g/mol. The summed E-state index contributed by atoms with van der Waals surface area (Å²) in [6.45, 7) is 5.01. The maximum Gasteiger partial charge on any atom is 0.220 e. The zero-order valence-electron chi connectivity index (χ0n) is 10.8. The van der Waals surface area contributed by atoms with Crippen LogP contribution >= 0.6 is 0 Å². The Morgan fingerprint density at radius 2 is 2.00 bits per heavy atom. The SMILES string of the molecule is C=O.Cc1ccc2c(c1)CC1(CC2)CNC(=O)C1. The predicted molar refractivity (Wildman–Crippen MR) is 70.4 cm³/mol. The van der Waals surface area contributed by atoms with Gasteiger partial charge in [0.2, 0.25) is 5.91 Å². The molecule has 0 radical (unpaired) electrons. The van der Waals surface area contributed by atoms with Gasteiger partial charge in [0.15, 0.2) is 0 Å². The highest BCUT2D eigenvalue weighted by Gasteiger charge is 2.40. The summed E-state index contributed by atoms with van der Waals surface area (Å²) in [7, 11) is 0. The summed E-state index contributed by atoms with van der Waals surface area (Å²) in [5.41, 5.74) is 4.49. The van der Waals surface area contributed by atoms with Gasteiger partial charge in [0.05, 0.1) is 0 Å². The van der Waals surface area contributed by atoms with Crippen molar-refractivity contribution in [2.45, 2.75) is 32.6 Å². The highest BCUT2D eigenvalue weighted by Crippen LogP contribution is 2.40. The largest absolute Gasteiger partial charge is 0.356 e. The first-order valence-corrected chi connectivity index (χ1v) is 6.31. The Morgan fingerprint density at radius 1 is 1.22 bits per heavy atom. The van der Waals surface area contributed by atoms with Crippen LogP contribution in [0.25, 0.3) is 0 Å². The second-order valence-corrected chi connectivity index (χ2v) is 5.40. The summed E-state index contributed by atoms with van der Waals surface area (Å²) < 4.78 is 0. The van der Waals surface area contributed by atoms with E-state index in [1.165, 1.54) is 16.7 Å². The molecule has 3 heteroatoms. The van der Waals surface area contributed by atoms with Crippen molar-refractivity contribution in [1.82, 2.24) is 5.32 Å². The number of amides is 1. The van der Waals surface area contributed by atoms with Crippen molar-refractivity contribution in [3.05, 3.63) is 34.9 Å². The van der Waals surface area contributed by atoms with Gasteiger partial charge in [0.25, 0.3) is 0 Å². The lowest BCUT2D eigenvalue weighted by atomic mass is 9.71. The van der Waals surface area contributed by atoms with Crippen LogP contribution in [-0.2, 0) is 22.4 Å². The fraction of sp³-hybridized carbons (Fsp3) is 0.467. The van der Waals surface area contributed by atoms with Crippen LogP contribution in [0.3, 0.4) is 0 Å². The molecule has 1 heterocycles. The van der Waals surface area contributed by atoms with E-state index in [-0.39, 0.29) is 11.3 Å². The minimum Gasteiger partial charge on any atom is -0.356 e. The molecule has 0 aromatic heterocycles. The van der Waals surface area contributed by atoms with Gasteiger partial charge in [-0.2, -0.15) is 0 Å². The van der Waals surface area contributed by atoms with E-state index in [0.29, 0.717) is 0 Å². The van der Waals surface area contributed by atoms with E-state index in [1.807, 2.05) is 6.79 Å². The fourth-order valence-corrected chi connectivity index (χ4v) is 3.11. The third kappa shape index (κ3) is 2.30. The van der Waals surface area contributed by atoms with Crippen molar-refractivity contribution < 1.29 is 9.59 Å². The Balaban J connectivity index is 0.000000574. The Morgan fingerprint density at radius 3 is 2.67 bits per heavy atom. The molecule has 1 N–H and O–H groups in total. The molecule has 1 amide bonds. The molecule has 1 spiro atoms. The molecular formula is C15H19NO2. The minimum atomic E-state index is 0.220. The van der Waals surface area contributed by atoms with E-state index in [4.69, 9.17) is 4.79 Å². The zero-order chi connectivity index (χ0) is 13.2. The van der Waals surface area contributed by atoms with Crippen molar-refractivity contribution in [2.75, 3.05) is 6.54 Å². The van der Waals surface area contributed by atoms with Gasteiger partial charge < -0.3 is 10.1 Å². The molecule has 1 aliphatic carbocycles. The van der Waals surface area contributed by atoms with Crippen molar-refractivity contribution in [3.63, 3.8) is 0 Å². The van der Waals surface area contributed by atoms with E-state index in [2.05, 4.69) is 30.4 Å². The molecule has 1 aromatic rings. The molecule has 3 nitrogen and oxygen atoms in total. The van der Waals surface area contributed by atoms with Crippen LogP contribution in [0.4, 0.5) is 0 Å². The third-order valence-electron chi connectivity index (χ3n) is 4.05. The molecule has 96 valence electrons. The van der Waals surface area contributed by atoms with Crippen molar-refractivity contribution in [1.29, 1.82) is 0 Å². The lowest BCUT2D eigenvalue weighted by molar-refractivity contribution is -0.119. The topological polar surface area (TPSA) is 46.2 Å². The molecule has 18 heavy (non-hydrogen) atoms. The molecule has 0 saturated carbocycles. The highest BCUT2D eigenvalue weighted by atomic mass is 16.1. The molecule has 3 rings (SSSR count). The van der Waals surface area contributed by atoms with Crippen LogP contribution in [0.1, 0.15) is 29.5 Å². The normalized spacial score (nSPS) is 25.1. The number of hydrogen-bond donors (Lipinski definition) is 1. The molecule has 1 aromatic carbocycles. The number of aryl methyl sites for hydroxylation is 2. The Kier molecular flexibility index (Phi) is 3.50. The molecule has 1 fully saturated rings. The summed E-state index contributed by atoms with van der Waals surface area (Å²) >= 11 is 0. The number of rotatable bonds is 0. The van der Waals surface area contributed by atoms with Gasteiger partial charge in [-0.15, -0.1) is 0 Å². The molecule has 1 saturated heterocycles. The van der Waals surface area contributed by atoms with E-state index >= 15 is 0 Å². The molecule has 1 atom stereocenters. The summed E-state index contributed by atoms with van der Waals surface area (Å²) in [5.74, 6) is 0.233. The van der Waals surface area contributed by atoms with Gasteiger partial charge in [-0.3, -0.25) is 4.79 Å². The van der Waals surface area contributed by atoms with Gasteiger partial charge >= 0.3 is 0 Å². The monoisotopic (exact) mass is 245 g/mol. The number of carbonyl (C=O) groups excluding carboxylic acids is 2. The Bertz CT molecular complexity index is 470. The number of fused-ring (bicyclic) bond motifs is 1. The first-order chi connectivity index (χ1) is 8.67. The van der Waals surface area contributed by atoms with Crippen molar-refractivity contribution in [2.24, 2.45) is 5.41 Å². The lowest BCUT2D eigenvalue weighted by Crippen LogP contribution is -2.31. The van der Waals surface area contributed by atoms with Crippen LogP contribution in [-0.4, -0.2) is 19.2 Å². The standard InChI is InChI=1S/C14H17NO.CH2O/c1-10-2-3-11-4-5-14(7-12(11)6-10)8-13(16)15-9-14;1-2/h2-3,6H,4-5,7-9H2,1H3,(H,15,16);1H2. The summed E-state index contributed by atoms with van der Waals surface area (Å²) in [6.07, 6.45) is 4.08. The van der Waals surface area contributed by atoms with E-state index in [0.717, 1.165) is 32.2 Å².